The Morgan fingerprint density at radius 3 is 2.75 bits per heavy atom. The van der Waals surface area contributed by atoms with Crippen molar-refractivity contribution in [1.29, 1.82) is 0 Å². The monoisotopic (exact) mass is 474 g/mol. The Labute approximate surface area is 189 Å². The number of amides is 3. The van der Waals surface area contributed by atoms with Crippen molar-refractivity contribution in [3.8, 4) is 16.1 Å². The van der Waals surface area contributed by atoms with Crippen molar-refractivity contribution in [2.45, 2.75) is 30.7 Å². The molecule has 3 heterocycles. The van der Waals surface area contributed by atoms with Crippen molar-refractivity contribution < 1.29 is 18.0 Å². The molecule has 32 heavy (non-hydrogen) atoms. The quantitative estimate of drug-likeness (QED) is 0.581. The van der Waals surface area contributed by atoms with Gasteiger partial charge in [-0.25, -0.2) is 23.2 Å². The van der Waals surface area contributed by atoms with E-state index in [0.717, 1.165) is 16.7 Å². The van der Waals surface area contributed by atoms with Gasteiger partial charge in [-0.05, 0) is 37.5 Å². The van der Waals surface area contributed by atoms with Crippen LogP contribution in [0.2, 0.25) is 0 Å². The number of hydrogen-bond donors (Lipinski definition) is 2. The first-order valence-electron chi connectivity index (χ1n) is 9.82. The fourth-order valence-electron chi connectivity index (χ4n) is 3.76. The fourth-order valence-corrected chi connectivity index (χ4v) is 5.57. The predicted molar refractivity (Wildman–Crippen MR) is 120 cm³/mol. The van der Waals surface area contributed by atoms with E-state index in [0.29, 0.717) is 35.9 Å². The zero-order chi connectivity index (χ0) is 23.0. The van der Waals surface area contributed by atoms with Gasteiger partial charge >= 0.3 is 6.03 Å². The third-order valence-electron chi connectivity index (χ3n) is 5.26. The van der Waals surface area contributed by atoms with Gasteiger partial charge in [-0.3, -0.25) is 10.1 Å². The summed E-state index contributed by atoms with van der Waals surface area (Å²) in [5.41, 5.74) is 7.31. The molecule has 3 aromatic rings. The smallest absolute Gasteiger partial charge is 0.324 e. The number of rotatable bonds is 5. The number of primary amides is 1. The minimum atomic E-state index is -3.46. The van der Waals surface area contributed by atoms with Crippen molar-refractivity contribution in [1.82, 2.24) is 19.4 Å². The van der Waals surface area contributed by atoms with E-state index < -0.39 is 27.8 Å². The zero-order valence-corrected chi connectivity index (χ0v) is 19.1. The number of likely N-dealkylation sites (tertiary alicyclic amines) is 1. The van der Waals surface area contributed by atoms with Crippen LogP contribution in [0.5, 0.6) is 0 Å². The average molecular weight is 475 g/mol. The number of urea groups is 1. The second-order valence-electron chi connectivity index (χ2n) is 7.54. The number of imidazole rings is 1. The van der Waals surface area contributed by atoms with E-state index in [-0.39, 0.29) is 4.90 Å². The van der Waals surface area contributed by atoms with Gasteiger partial charge in [0.05, 0.1) is 27.5 Å². The summed E-state index contributed by atoms with van der Waals surface area (Å²) in [6, 6.07) is 3.99. The average Bonchev–Trinajstić information content (AvgIpc) is 3.47. The summed E-state index contributed by atoms with van der Waals surface area (Å²) in [6.45, 7) is 2.27. The topological polar surface area (TPSA) is 140 Å². The lowest BCUT2D eigenvalue weighted by Gasteiger charge is -2.21. The highest BCUT2D eigenvalue weighted by atomic mass is 32.2. The van der Waals surface area contributed by atoms with Gasteiger partial charge in [-0.1, -0.05) is 17.4 Å². The number of aromatic nitrogens is 3. The van der Waals surface area contributed by atoms with Gasteiger partial charge in [0.2, 0.25) is 5.91 Å². The van der Waals surface area contributed by atoms with Crippen LogP contribution < -0.4 is 11.1 Å². The van der Waals surface area contributed by atoms with E-state index >= 15 is 0 Å². The highest BCUT2D eigenvalue weighted by molar-refractivity contribution is 7.90. The molecule has 1 atom stereocenters. The summed E-state index contributed by atoms with van der Waals surface area (Å²) in [5, 5.41) is 3.14. The number of hydrogen-bond acceptors (Lipinski definition) is 7. The van der Waals surface area contributed by atoms with Crippen LogP contribution in [0.15, 0.2) is 41.8 Å². The van der Waals surface area contributed by atoms with Crippen LogP contribution >= 0.6 is 11.3 Å². The number of thiazole rings is 1. The van der Waals surface area contributed by atoms with E-state index in [1.165, 1.54) is 22.6 Å². The Balaban J connectivity index is 1.65. The van der Waals surface area contributed by atoms with Crippen LogP contribution in [0.25, 0.3) is 16.1 Å². The van der Waals surface area contributed by atoms with E-state index in [1.807, 2.05) is 6.92 Å². The molecular weight excluding hydrogens is 452 g/mol. The lowest BCUT2D eigenvalue weighted by atomic mass is 10.1. The lowest BCUT2D eigenvalue weighted by Crippen LogP contribution is -2.45. The number of sulfone groups is 1. The molecule has 1 aromatic carbocycles. The zero-order valence-electron chi connectivity index (χ0n) is 17.5. The second kappa shape index (κ2) is 8.36. The molecule has 0 saturated carbocycles. The second-order valence-corrected chi connectivity index (χ2v) is 10.5. The molecule has 0 radical (unpaired) electrons. The number of nitrogens with zero attached hydrogens (tertiary/aromatic N) is 4. The molecule has 3 N–H and O–H groups in total. The van der Waals surface area contributed by atoms with Gasteiger partial charge in [0.25, 0.3) is 0 Å². The molecule has 1 fully saturated rings. The van der Waals surface area contributed by atoms with Crippen LogP contribution in [-0.2, 0) is 14.6 Å². The number of nitrogens with two attached hydrogens (primary N) is 1. The molecule has 3 amide bonds. The third kappa shape index (κ3) is 4.23. The van der Waals surface area contributed by atoms with Crippen LogP contribution in [0, 0.1) is 6.92 Å². The predicted octanol–water partition coefficient (Wildman–Crippen LogP) is 2.19. The molecule has 0 spiro atoms. The van der Waals surface area contributed by atoms with E-state index in [9.17, 15) is 18.0 Å². The molecule has 168 valence electrons. The number of carbonyl (C=O) groups is 2. The highest BCUT2D eigenvalue weighted by Crippen LogP contribution is 2.35. The molecule has 4 rings (SSSR count). The first-order chi connectivity index (χ1) is 15.1. The van der Waals surface area contributed by atoms with Gasteiger partial charge in [-0.2, -0.15) is 0 Å². The van der Waals surface area contributed by atoms with Gasteiger partial charge in [-0.15, -0.1) is 0 Å². The Morgan fingerprint density at radius 2 is 2.09 bits per heavy atom. The number of carbonyl (C=O) groups excluding carboxylic acids is 2. The molecule has 0 unspecified atom stereocenters. The maximum absolute atomic E-state index is 12.6. The first-order valence-corrected chi connectivity index (χ1v) is 12.5. The lowest BCUT2D eigenvalue weighted by molar-refractivity contribution is -0.121. The van der Waals surface area contributed by atoms with Gasteiger partial charge in [0.15, 0.2) is 15.0 Å². The largest absolute Gasteiger partial charge is 0.368 e. The Kier molecular flexibility index (Phi) is 5.73. The third-order valence-corrected chi connectivity index (χ3v) is 7.52. The molecule has 1 aliphatic heterocycles. The maximum Gasteiger partial charge on any atom is 0.324 e. The molecule has 10 nitrogen and oxygen atoms in total. The van der Waals surface area contributed by atoms with Gasteiger partial charge < -0.3 is 15.2 Å². The maximum atomic E-state index is 12.6. The fraction of sp³-hybridized carbons (Fsp3) is 0.300. The summed E-state index contributed by atoms with van der Waals surface area (Å²) < 4.78 is 26.2. The summed E-state index contributed by atoms with van der Waals surface area (Å²) in [5.74, 6) is -0.522. The van der Waals surface area contributed by atoms with Crippen molar-refractivity contribution in [2.24, 2.45) is 5.73 Å². The number of aryl methyl sites for hydroxylation is 1. The summed E-state index contributed by atoms with van der Waals surface area (Å²) in [6.07, 6.45) is 7.20. The molecule has 1 saturated heterocycles. The molecule has 0 aliphatic carbocycles. The SMILES string of the molecule is Cc1nc(NC(=O)N2CCC[C@H]2C(N)=O)sc1-c1ccc(S(C)(=O)=O)c(-n2ccnc2)c1. The van der Waals surface area contributed by atoms with Gasteiger partial charge in [0, 0.05) is 25.2 Å². The first kappa shape index (κ1) is 22.0. The van der Waals surface area contributed by atoms with Crippen LogP contribution in [-0.4, -0.2) is 58.6 Å². The van der Waals surface area contributed by atoms with Crippen molar-refractivity contribution >= 4 is 38.2 Å². The molecular formula is C20H22N6O4S2. The van der Waals surface area contributed by atoms with Crippen molar-refractivity contribution in [3.63, 3.8) is 0 Å². The normalized spacial score (nSPS) is 16.3. The Hall–Kier alpha value is -3.25. The Morgan fingerprint density at radius 1 is 1.31 bits per heavy atom. The minimum Gasteiger partial charge on any atom is -0.368 e. The van der Waals surface area contributed by atoms with E-state index in [2.05, 4.69) is 15.3 Å². The molecule has 1 aliphatic rings. The summed E-state index contributed by atoms with van der Waals surface area (Å²) in [4.78, 5) is 35.1. The minimum absolute atomic E-state index is 0.182. The van der Waals surface area contributed by atoms with Crippen LogP contribution in [0.3, 0.4) is 0 Å². The van der Waals surface area contributed by atoms with Crippen molar-refractivity contribution in [2.75, 3.05) is 18.1 Å². The van der Waals surface area contributed by atoms with Crippen LogP contribution in [0.4, 0.5) is 9.93 Å². The number of nitrogens with one attached hydrogen (secondary N) is 1. The standard InChI is InChI=1S/C20H22N6O4S2/c1-12-17(31-19(23-12)24-20(28)26-8-3-4-14(26)18(21)27)13-5-6-16(32(2,29)30)15(10-13)25-9-7-22-11-25/h5-7,9-11,14H,3-4,8H2,1-2H3,(H2,21,27)(H,23,24,28)/t14-/m0/s1. The summed E-state index contributed by atoms with van der Waals surface area (Å²) in [7, 11) is -3.46. The summed E-state index contributed by atoms with van der Waals surface area (Å²) >= 11 is 1.27. The highest BCUT2D eigenvalue weighted by Gasteiger charge is 2.33. The van der Waals surface area contributed by atoms with Crippen molar-refractivity contribution in [3.05, 3.63) is 42.6 Å². The van der Waals surface area contributed by atoms with Gasteiger partial charge in [0.1, 0.15) is 6.04 Å². The molecule has 0 bridgehead atoms. The number of benzene rings is 1. The molecule has 2 aromatic heterocycles. The Bertz CT molecular complexity index is 1280. The van der Waals surface area contributed by atoms with E-state index in [1.54, 1.807) is 35.2 Å². The molecule has 12 heteroatoms. The van der Waals surface area contributed by atoms with E-state index in [4.69, 9.17) is 5.73 Å². The number of anilines is 1. The van der Waals surface area contributed by atoms with Crippen LogP contribution in [0.1, 0.15) is 18.5 Å².